The van der Waals surface area contributed by atoms with Crippen LogP contribution in [0.4, 0.5) is 5.69 Å². The Morgan fingerprint density at radius 2 is 1.87 bits per heavy atom. The van der Waals surface area contributed by atoms with Crippen LogP contribution in [0.25, 0.3) is 0 Å². The van der Waals surface area contributed by atoms with E-state index in [1.165, 1.54) is 9.87 Å². The number of sulfonamides is 1. The molecule has 1 aromatic heterocycles. The standard InChI is InChI=1S/C22H25N3O4S/c1-24-15-19(13-23-24)25(14-18-7-9-20(28-2)12-22(18)29-3)30(26,27)21-10-8-16-5-4-6-17(16)11-21/h7-13,15H,4-6,14H2,1-3H3. The van der Waals surface area contributed by atoms with Crippen LogP contribution in [0.1, 0.15) is 23.1 Å². The van der Waals surface area contributed by atoms with Gasteiger partial charge in [0.1, 0.15) is 11.5 Å². The number of benzene rings is 2. The van der Waals surface area contributed by atoms with Crippen molar-refractivity contribution in [3.05, 3.63) is 65.5 Å². The molecule has 1 aliphatic rings. The van der Waals surface area contributed by atoms with E-state index in [1.54, 1.807) is 56.5 Å². The zero-order chi connectivity index (χ0) is 21.3. The van der Waals surface area contributed by atoms with Crippen LogP contribution in [0, 0.1) is 0 Å². The zero-order valence-corrected chi connectivity index (χ0v) is 18.1. The number of fused-ring (bicyclic) bond motifs is 1. The molecule has 0 saturated heterocycles. The monoisotopic (exact) mass is 427 g/mol. The number of hydrogen-bond acceptors (Lipinski definition) is 5. The van der Waals surface area contributed by atoms with Gasteiger partial charge >= 0.3 is 0 Å². The second kappa shape index (κ2) is 8.02. The van der Waals surface area contributed by atoms with Gasteiger partial charge in [0.25, 0.3) is 10.0 Å². The van der Waals surface area contributed by atoms with Crippen molar-refractivity contribution < 1.29 is 17.9 Å². The number of nitrogens with zero attached hydrogens (tertiary/aromatic N) is 3. The molecule has 7 nitrogen and oxygen atoms in total. The molecule has 0 unspecified atom stereocenters. The number of rotatable bonds is 7. The predicted octanol–water partition coefficient (Wildman–Crippen LogP) is 3.32. The smallest absolute Gasteiger partial charge is 0.264 e. The van der Waals surface area contributed by atoms with E-state index in [4.69, 9.17) is 9.47 Å². The molecule has 158 valence electrons. The molecule has 0 fully saturated rings. The van der Waals surface area contributed by atoms with Crippen molar-refractivity contribution in [1.29, 1.82) is 0 Å². The Kier molecular flexibility index (Phi) is 5.42. The lowest BCUT2D eigenvalue weighted by Crippen LogP contribution is -2.30. The number of methoxy groups -OCH3 is 2. The zero-order valence-electron chi connectivity index (χ0n) is 17.3. The molecule has 0 atom stereocenters. The van der Waals surface area contributed by atoms with E-state index in [0.717, 1.165) is 30.4 Å². The van der Waals surface area contributed by atoms with Crippen LogP contribution in [0.2, 0.25) is 0 Å². The fourth-order valence-corrected chi connectivity index (χ4v) is 5.29. The van der Waals surface area contributed by atoms with Gasteiger partial charge in [-0.3, -0.25) is 8.99 Å². The molecule has 0 saturated carbocycles. The Labute approximate surface area is 176 Å². The summed E-state index contributed by atoms with van der Waals surface area (Å²) in [4.78, 5) is 0.291. The molecule has 1 aliphatic carbocycles. The normalized spacial score (nSPS) is 13.2. The van der Waals surface area contributed by atoms with Gasteiger partial charge in [0.15, 0.2) is 0 Å². The van der Waals surface area contributed by atoms with E-state index >= 15 is 0 Å². The van der Waals surface area contributed by atoms with Crippen LogP contribution in [0.15, 0.2) is 53.7 Å². The maximum absolute atomic E-state index is 13.7. The Morgan fingerprint density at radius 3 is 2.57 bits per heavy atom. The molecule has 3 aromatic rings. The minimum atomic E-state index is -3.81. The summed E-state index contributed by atoms with van der Waals surface area (Å²) in [6.07, 6.45) is 6.24. The van der Waals surface area contributed by atoms with Crippen LogP contribution in [-0.2, 0) is 36.5 Å². The Balaban J connectivity index is 1.77. The van der Waals surface area contributed by atoms with E-state index in [9.17, 15) is 8.42 Å². The molecule has 0 aliphatic heterocycles. The first-order valence-corrected chi connectivity index (χ1v) is 11.2. The molecule has 0 bridgehead atoms. The Morgan fingerprint density at radius 1 is 1.07 bits per heavy atom. The lowest BCUT2D eigenvalue weighted by molar-refractivity contribution is 0.391. The van der Waals surface area contributed by atoms with Crippen molar-refractivity contribution in [3.8, 4) is 11.5 Å². The molecular weight excluding hydrogens is 402 g/mol. The van der Waals surface area contributed by atoms with Crippen LogP contribution in [0.5, 0.6) is 11.5 Å². The van der Waals surface area contributed by atoms with Crippen molar-refractivity contribution in [1.82, 2.24) is 9.78 Å². The lowest BCUT2D eigenvalue weighted by atomic mass is 10.1. The molecule has 1 heterocycles. The van der Waals surface area contributed by atoms with Gasteiger partial charge < -0.3 is 9.47 Å². The molecule has 8 heteroatoms. The third-order valence-corrected chi connectivity index (χ3v) is 7.22. The maximum atomic E-state index is 13.7. The van der Waals surface area contributed by atoms with Crippen molar-refractivity contribution in [2.45, 2.75) is 30.7 Å². The van der Waals surface area contributed by atoms with Crippen LogP contribution < -0.4 is 13.8 Å². The average molecular weight is 428 g/mol. The highest BCUT2D eigenvalue weighted by atomic mass is 32.2. The summed E-state index contributed by atoms with van der Waals surface area (Å²) in [6.45, 7) is 0.109. The quantitative estimate of drug-likeness (QED) is 0.578. The van der Waals surface area contributed by atoms with Crippen molar-refractivity contribution in [2.24, 2.45) is 7.05 Å². The van der Waals surface area contributed by atoms with Crippen molar-refractivity contribution in [3.63, 3.8) is 0 Å². The van der Waals surface area contributed by atoms with E-state index in [2.05, 4.69) is 5.10 Å². The third kappa shape index (κ3) is 3.75. The summed E-state index contributed by atoms with van der Waals surface area (Å²) in [5.41, 5.74) is 3.57. The molecule has 30 heavy (non-hydrogen) atoms. The fraction of sp³-hybridized carbons (Fsp3) is 0.318. The molecule has 0 N–H and O–H groups in total. The van der Waals surface area contributed by atoms with Gasteiger partial charge in [0.05, 0.1) is 37.5 Å². The minimum absolute atomic E-state index is 0.109. The summed E-state index contributed by atoms with van der Waals surface area (Å²) in [5.74, 6) is 1.21. The first-order valence-electron chi connectivity index (χ1n) is 9.76. The summed E-state index contributed by atoms with van der Waals surface area (Å²) in [5, 5.41) is 4.17. The van der Waals surface area contributed by atoms with Crippen molar-refractivity contribution in [2.75, 3.05) is 18.5 Å². The largest absolute Gasteiger partial charge is 0.497 e. The van der Waals surface area contributed by atoms with Gasteiger partial charge in [-0.25, -0.2) is 8.42 Å². The first kappa shape index (κ1) is 20.3. The van der Waals surface area contributed by atoms with Crippen LogP contribution in [-0.4, -0.2) is 32.4 Å². The first-order chi connectivity index (χ1) is 14.4. The van der Waals surface area contributed by atoms with Gasteiger partial charge in [-0.05, 0) is 54.7 Å². The summed E-state index contributed by atoms with van der Waals surface area (Å²) >= 11 is 0. The van der Waals surface area contributed by atoms with Gasteiger partial charge in [-0.1, -0.05) is 6.07 Å². The number of aromatic nitrogens is 2. The fourth-order valence-electron chi connectivity index (χ4n) is 3.83. The summed E-state index contributed by atoms with van der Waals surface area (Å²) in [7, 11) is 1.09. The highest BCUT2D eigenvalue weighted by Crippen LogP contribution is 2.32. The Hall–Kier alpha value is -3.00. The predicted molar refractivity (Wildman–Crippen MR) is 115 cm³/mol. The van der Waals surface area contributed by atoms with E-state index < -0.39 is 10.0 Å². The van der Waals surface area contributed by atoms with Gasteiger partial charge in [0.2, 0.25) is 0 Å². The van der Waals surface area contributed by atoms with E-state index in [0.29, 0.717) is 22.1 Å². The Bertz CT molecular complexity index is 1170. The molecule has 0 radical (unpaired) electrons. The lowest BCUT2D eigenvalue weighted by Gasteiger charge is -2.24. The average Bonchev–Trinajstić information content (AvgIpc) is 3.39. The number of hydrogen-bond donors (Lipinski definition) is 0. The van der Waals surface area contributed by atoms with Crippen LogP contribution in [0.3, 0.4) is 0 Å². The maximum Gasteiger partial charge on any atom is 0.264 e. The van der Waals surface area contributed by atoms with E-state index in [-0.39, 0.29) is 6.54 Å². The van der Waals surface area contributed by atoms with Gasteiger partial charge in [-0.15, -0.1) is 0 Å². The molecule has 4 rings (SSSR count). The molecular formula is C22H25N3O4S. The summed E-state index contributed by atoms with van der Waals surface area (Å²) < 4.78 is 41.1. The SMILES string of the molecule is COc1ccc(CN(c2cnn(C)c2)S(=O)(=O)c2ccc3c(c2)CCC3)c(OC)c1. The van der Waals surface area contributed by atoms with Gasteiger partial charge in [-0.2, -0.15) is 5.10 Å². The van der Waals surface area contributed by atoms with Gasteiger partial charge in [0, 0.05) is 24.9 Å². The highest BCUT2D eigenvalue weighted by molar-refractivity contribution is 7.92. The minimum Gasteiger partial charge on any atom is -0.497 e. The number of aryl methyl sites for hydroxylation is 3. The van der Waals surface area contributed by atoms with E-state index in [1.807, 2.05) is 18.2 Å². The van der Waals surface area contributed by atoms with Crippen LogP contribution >= 0.6 is 0 Å². The number of ether oxygens (including phenoxy) is 2. The topological polar surface area (TPSA) is 73.7 Å². The second-order valence-corrected chi connectivity index (χ2v) is 9.21. The highest BCUT2D eigenvalue weighted by Gasteiger charge is 2.28. The molecule has 2 aromatic carbocycles. The molecule has 0 amide bonds. The van der Waals surface area contributed by atoms with Crippen molar-refractivity contribution >= 4 is 15.7 Å². The second-order valence-electron chi connectivity index (χ2n) is 7.35. The third-order valence-electron chi connectivity index (χ3n) is 5.45. The molecule has 0 spiro atoms. The number of anilines is 1. The summed E-state index contributed by atoms with van der Waals surface area (Å²) in [6, 6.07) is 10.8.